The van der Waals surface area contributed by atoms with Gasteiger partial charge in [-0.2, -0.15) is 0 Å². The third kappa shape index (κ3) is 4.03. The number of nitrogens with one attached hydrogen (secondary N) is 1. The highest BCUT2D eigenvalue weighted by Crippen LogP contribution is 2.27. The summed E-state index contributed by atoms with van der Waals surface area (Å²) in [6, 6.07) is 4.21. The van der Waals surface area contributed by atoms with Crippen molar-refractivity contribution in [1.29, 1.82) is 0 Å². The standard InChI is InChI=1S/C13H16ClN3O3S/c1-8-6-16(7-9(2)20-8)13(21)15-12-5-10(17(18)19)3-4-11(12)14/h3-5,8-9H,6-7H2,1-2H3,(H,15,21)/t8-,9-/m1/s1. The van der Waals surface area contributed by atoms with E-state index < -0.39 is 4.92 Å². The molecule has 0 bridgehead atoms. The average molecular weight is 330 g/mol. The Morgan fingerprint density at radius 3 is 2.67 bits per heavy atom. The molecule has 1 fully saturated rings. The monoisotopic (exact) mass is 329 g/mol. The minimum absolute atomic E-state index is 0.0339. The Bertz CT molecular complexity index is 560. The Hall–Kier alpha value is -1.44. The van der Waals surface area contributed by atoms with Gasteiger partial charge >= 0.3 is 0 Å². The number of anilines is 1. The molecule has 1 N–H and O–H groups in total. The maximum absolute atomic E-state index is 10.8. The Morgan fingerprint density at radius 2 is 2.10 bits per heavy atom. The maximum Gasteiger partial charge on any atom is 0.271 e. The second kappa shape index (κ2) is 6.55. The maximum atomic E-state index is 10.8. The normalized spacial score (nSPS) is 22.0. The van der Waals surface area contributed by atoms with Crippen LogP contribution < -0.4 is 5.32 Å². The zero-order valence-corrected chi connectivity index (χ0v) is 13.3. The minimum atomic E-state index is -0.469. The van der Waals surface area contributed by atoms with E-state index in [9.17, 15) is 10.1 Å². The molecule has 1 aliphatic rings. The first-order valence-electron chi connectivity index (χ1n) is 6.52. The number of rotatable bonds is 2. The van der Waals surface area contributed by atoms with E-state index in [-0.39, 0.29) is 17.9 Å². The summed E-state index contributed by atoms with van der Waals surface area (Å²) in [5.41, 5.74) is 0.399. The molecular weight excluding hydrogens is 314 g/mol. The van der Waals surface area contributed by atoms with Crippen LogP contribution in [-0.2, 0) is 4.74 Å². The molecule has 0 spiro atoms. The van der Waals surface area contributed by atoms with E-state index in [1.54, 1.807) is 0 Å². The van der Waals surface area contributed by atoms with E-state index in [0.717, 1.165) is 0 Å². The lowest BCUT2D eigenvalue weighted by Crippen LogP contribution is -2.49. The molecule has 0 unspecified atom stereocenters. The number of benzene rings is 1. The number of hydrogen-bond acceptors (Lipinski definition) is 4. The van der Waals surface area contributed by atoms with Gasteiger partial charge in [-0.3, -0.25) is 10.1 Å². The van der Waals surface area contributed by atoms with Crippen molar-refractivity contribution >= 4 is 40.3 Å². The van der Waals surface area contributed by atoms with Crippen LogP contribution in [0.2, 0.25) is 5.02 Å². The third-order valence-corrected chi connectivity index (χ3v) is 3.80. The van der Waals surface area contributed by atoms with Gasteiger partial charge in [-0.05, 0) is 32.1 Å². The van der Waals surface area contributed by atoms with Gasteiger partial charge in [0.1, 0.15) is 0 Å². The molecule has 21 heavy (non-hydrogen) atoms. The van der Waals surface area contributed by atoms with E-state index in [1.165, 1.54) is 18.2 Å². The molecule has 6 nitrogen and oxygen atoms in total. The number of ether oxygens (including phenoxy) is 1. The van der Waals surface area contributed by atoms with Gasteiger partial charge in [0.15, 0.2) is 5.11 Å². The van der Waals surface area contributed by atoms with Crippen LogP contribution in [0, 0.1) is 10.1 Å². The zero-order valence-electron chi connectivity index (χ0n) is 11.7. The zero-order chi connectivity index (χ0) is 15.6. The minimum Gasteiger partial charge on any atom is -0.372 e. The van der Waals surface area contributed by atoms with E-state index in [4.69, 9.17) is 28.6 Å². The lowest BCUT2D eigenvalue weighted by molar-refractivity contribution is -0.384. The van der Waals surface area contributed by atoms with Crippen molar-refractivity contribution in [3.63, 3.8) is 0 Å². The quantitative estimate of drug-likeness (QED) is 0.511. The second-order valence-corrected chi connectivity index (χ2v) is 5.81. The van der Waals surface area contributed by atoms with E-state index >= 15 is 0 Å². The van der Waals surface area contributed by atoms with E-state index in [2.05, 4.69) is 5.32 Å². The molecule has 1 aromatic rings. The molecule has 1 aromatic carbocycles. The van der Waals surface area contributed by atoms with E-state index in [1.807, 2.05) is 18.7 Å². The molecule has 0 radical (unpaired) electrons. The summed E-state index contributed by atoms with van der Waals surface area (Å²) >= 11 is 11.4. The molecule has 114 valence electrons. The van der Waals surface area contributed by atoms with Crippen LogP contribution in [0.15, 0.2) is 18.2 Å². The van der Waals surface area contributed by atoms with Gasteiger partial charge in [0.2, 0.25) is 0 Å². The lowest BCUT2D eigenvalue weighted by atomic mass is 10.2. The van der Waals surface area contributed by atoms with Crippen molar-refractivity contribution in [2.45, 2.75) is 26.1 Å². The largest absolute Gasteiger partial charge is 0.372 e. The summed E-state index contributed by atoms with van der Waals surface area (Å²) in [5, 5.41) is 14.7. The molecule has 1 aliphatic heterocycles. The summed E-state index contributed by atoms with van der Waals surface area (Å²) < 4.78 is 5.65. The number of morpholine rings is 1. The highest BCUT2D eigenvalue weighted by Gasteiger charge is 2.24. The van der Waals surface area contributed by atoms with Gasteiger partial charge in [-0.25, -0.2) is 0 Å². The molecule has 2 atom stereocenters. The molecule has 0 aliphatic carbocycles. The summed E-state index contributed by atoms with van der Waals surface area (Å²) in [6.07, 6.45) is 0.156. The second-order valence-electron chi connectivity index (χ2n) is 5.01. The van der Waals surface area contributed by atoms with Crippen molar-refractivity contribution in [3.05, 3.63) is 33.3 Å². The summed E-state index contributed by atoms with van der Waals surface area (Å²) in [6.45, 7) is 5.29. The average Bonchev–Trinajstić information content (AvgIpc) is 2.39. The highest BCUT2D eigenvalue weighted by atomic mass is 35.5. The number of nitrogens with zero attached hydrogens (tertiary/aromatic N) is 2. The van der Waals surface area contributed by atoms with Crippen molar-refractivity contribution in [1.82, 2.24) is 4.90 Å². The molecular formula is C13H16ClN3O3S. The molecule has 0 aromatic heterocycles. The smallest absolute Gasteiger partial charge is 0.271 e. The topological polar surface area (TPSA) is 67.6 Å². The predicted octanol–water partition coefficient (Wildman–Crippen LogP) is 3.05. The summed E-state index contributed by atoms with van der Waals surface area (Å²) in [4.78, 5) is 12.3. The fraction of sp³-hybridized carbons (Fsp3) is 0.462. The van der Waals surface area contributed by atoms with Gasteiger partial charge in [-0.15, -0.1) is 0 Å². The molecule has 1 saturated heterocycles. The van der Waals surface area contributed by atoms with Crippen LogP contribution in [-0.4, -0.2) is 40.2 Å². The Balaban J connectivity index is 2.12. The summed E-state index contributed by atoms with van der Waals surface area (Å²) in [7, 11) is 0. The van der Waals surface area contributed by atoms with Crippen molar-refractivity contribution in [3.8, 4) is 0 Å². The van der Waals surface area contributed by atoms with Crippen LogP contribution in [0.4, 0.5) is 11.4 Å². The fourth-order valence-corrected chi connectivity index (χ4v) is 2.68. The van der Waals surface area contributed by atoms with Crippen LogP contribution >= 0.6 is 23.8 Å². The number of non-ortho nitro benzene ring substituents is 1. The van der Waals surface area contributed by atoms with Gasteiger partial charge < -0.3 is 15.0 Å². The number of nitro benzene ring substituents is 1. The Labute approximate surface area is 133 Å². The van der Waals surface area contributed by atoms with Crippen LogP contribution in [0.3, 0.4) is 0 Å². The SMILES string of the molecule is C[C@@H]1CN(C(=S)Nc2cc([N+](=O)[O-])ccc2Cl)C[C@@H](C)O1. The van der Waals surface area contributed by atoms with Crippen LogP contribution in [0.25, 0.3) is 0 Å². The van der Waals surface area contributed by atoms with Crippen LogP contribution in [0.1, 0.15) is 13.8 Å². The van der Waals surface area contributed by atoms with Gasteiger partial charge in [-0.1, -0.05) is 11.6 Å². The first-order valence-corrected chi connectivity index (χ1v) is 7.30. The number of thiocarbonyl (C=S) groups is 1. The van der Waals surface area contributed by atoms with Crippen molar-refractivity contribution < 1.29 is 9.66 Å². The number of hydrogen-bond donors (Lipinski definition) is 1. The Morgan fingerprint density at radius 1 is 1.48 bits per heavy atom. The fourth-order valence-electron chi connectivity index (χ4n) is 2.26. The predicted molar refractivity (Wildman–Crippen MR) is 85.9 cm³/mol. The van der Waals surface area contributed by atoms with Crippen molar-refractivity contribution in [2.24, 2.45) is 0 Å². The lowest BCUT2D eigenvalue weighted by Gasteiger charge is -2.37. The first kappa shape index (κ1) is 15.9. The van der Waals surface area contributed by atoms with E-state index in [0.29, 0.717) is 28.9 Å². The van der Waals surface area contributed by atoms with Gasteiger partial charge in [0, 0.05) is 25.2 Å². The molecule has 8 heteroatoms. The van der Waals surface area contributed by atoms with Gasteiger partial charge in [0.05, 0.1) is 27.8 Å². The number of nitro groups is 1. The summed E-state index contributed by atoms with van der Waals surface area (Å²) in [5.74, 6) is 0. The third-order valence-electron chi connectivity index (χ3n) is 3.11. The molecule has 0 amide bonds. The van der Waals surface area contributed by atoms with Gasteiger partial charge in [0.25, 0.3) is 5.69 Å². The number of halogens is 1. The first-order chi connectivity index (χ1) is 9.86. The molecule has 1 heterocycles. The molecule has 0 saturated carbocycles. The van der Waals surface area contributed by atoms with Crippen LogP contribution in [0.5, 0.6) is 0 Å². The Kier molecular flexibility index (Phi) is 4.97. The van der Waals surface area contributed by atoms with Crippen molar-refractivity contribution in [2.75, 3.05) is 18.4 Å². The highest BCUT2D eigenvalue weighted by molar-refractivity contribution is 7.80. The molecule has 2 rings (SSSR count).